The Kier molecular flexibility index (Phi) is 6.33. The lowest BCUT2D eigenvalue weighted by atomic mass is 9.89. The SMILES string of the molecule is C1=C[C@@H](CP(C[C@H]2CCC=C2c2ccccc2)C2=CCCC2)C(c2ccccc2)C1. The zero-order chi connectivity index (χ0) is 20.2. The van der Waals surface area contributed by atoms with Crippen LogP contribution in [0.4, 0.5) is 0 Å². The maximum absolute atomic E-state index is 2.61. The molecule has 0 saturated carbocycles. The van der Waals surface area contributed by atoms with Crippen LogP contribution >= 0.6 is 7.92 Å². The van der Waals surface area contributed by atoms with E-state index in [0.717, 1.165) is 5.92 Å². The lowest BCUT2D eigenvalue weighted by Gasteiger charge is -2.29. The normalized spacial score (nSPS) is 26.6. The van der Waals surface area contributed by atoms with Gasteiger partial charge in [-0.05, 0) is 90.6 Å². The Labute approximate surface area is 183 Å². The molecule has 1 heteroatoms. The summed E-state index contributed by atoms with van der Waals surface area (Å²) in [5.74, 6) is 2.15. The van der Waals surface area contributed by atoms with Crippen molar-refractivity contribution < 1.29 is 0 Å². The third kappa shape index (κ3) is 4.40. The van der Waals surface area contributed by atoms with Gasteiger partial charge in [0.1, 0.15) is 0 Å². The van der Waals surface area contributed by atoms with Gasteiger partial charge < -0.3 is 0 Å². The Bertz CT molecular complexity index is 917. The first kappa shape index (κ1) is 20.0. The van der Waals surface area contributed by atoms with Gasteiger partial charge in [0.15, 0.2) is 0 Å². The summed E-state index contributed by atoms with van der Waals surface area (Å²) in [6.45, 7) is 0. The van der Waals surface area contributed by atoms with E-state index in [4.69, 9.17) is 0 Å². The molecular formula is C29H33P. The van der Waals surface area contributed by atoms with E-state index < -0.39 is 0 Å². The van der Waals surface area contributed by atoms with E-state index >= 15 is 0 Å². The van der Waals surface area contributed by atoms with Gasteiger partial charge >= 0.3 is 0 Å². The Morgan fingerprint density at radius 1 is 0.833 bits per heavy atom. The van der Waals surface area contributed by atoms with Gasteiger partial charge in [-0.15, -0.1) is 0 Å². The predicted molar refractivity (Wildman–Crippen MR) is 132 cm³/mol. The zero-order valence-electron chi connectivity index (χ0n) is 17.9. The van der Waals surface area contributed by atoms with Crippen LogP contribution in [0.15, 0.2) is 90.3 Å². The first-order valence-corrected chi connectivity index (χ1v) is 13.5. The Balaban J connectivity index is 1.34. The van der Waals surface area contributed by atoms with Gasteiger partial charge in [-0.2, -0.15) is 0 Å². The van der Waals surface area contributed by atoms with Crippen molar-refractivity contribution in [3.8, 4) is 0 Å². The number of rotatable bonds is 7. The van der Waals surface area contributed by atoms with Crippen LogP contribution in [0.1, 0.15) is 55.6 Å². The van der Waals surface area contributed by atoms with Crippen molar-refractivity contribution in [3.05, 3.63) is 101 Å². The molecule has 0 heterocycles. The molecule has 0 aromatic heterocycles. The minimum atomic E-state index is -0.0488. The van der Waals surface area contributed by atoms with Crippen molar-refractivity contribution in [1.29, 1.82) is 0 Å². The molecule has 0 N–H and O–H groups in total. The number of hydrogen-bond donors (Lipinski definition) is 0. The minimum absolute atomic E-state index is 0.0488. The van der Waals surface area contributed by atoms with Crippen LogP contribution in [0.2, 0.25) is 0 Å². The summed E-state index contributed by atoms with van der Waals surface area (Å²) in [6, 6.07) is 22.4. The molecule has 4 atom stereocenters. The monoisotopic (exact) mass is 412 g/mol. The van der Waals surface area contributed by atoms with Gasteiger partial charge in [-0.3, -0.25) is 0 Å². The third-order valence-electron chi connectivity index (χ3n) is 7.24. The summed E-state index contributed by atoms with van der Waals surface area (Å²) in [6.07, 6.45) is 20.8. The number of hydrogen-bond acceptors (Lipinski definition) is 0. The lowest BCUT2D eigenvalue weighted by molar-refractivity contribution is 0.592. The first-order chi connectivity index (χ1) is 14.9. The molecule has 0 saturated heterocycles. The molecule has 0 radical (unpaired) electrons. The topological polar surface area (TPSA) is 0 Å². The Hall–Kier alpha value is -1.91. The molecule has 2 aromatic rings. The van der Waals surface area contributed by atoms with Crippen LogP contribution in [-0.4, -0.2) is 12.3 Å². The van der Waals surface area contributed by atoms with Gasteiger partial charge in [0, 0.05) is 0 Å². The highest BCUT2D eigenvalue weighted by molar-refractivity contribution is 7.62. The molecule has 0 nitrogen and oxygen atoms in total. The van der Waals surface area contributed by atoms with Crippen molar-refractivity contribution >= 4 is 13.5 Å². The van der Waals surface area contributed by atoms with E-state index in [-0.39, 0.29) is 7.92 Å². The maximum atomic E-state index is 2.61. The molecule has 3 aliphatic rings. The summed E-state index contributed by atoms with van der Waals surface area (Å²) >= 11 is 0. The molecule has 154 valence electrons. The van der Waals surface area contributed by atoms with Crippen LogP contribution < -0.4 is 0 Å². The average molecular weight is 413 g/mol. The van der Waals surface area contributed by atoms with Crippen molar-refractivity contribution in [1.82, 2.24) is 0 Å². The van der Waals surface area contributed by atoms with Gasteiger partial charge in [0.05, 0.1) is 0 Å². The molecule has 0 fully saturated rings. The predicted octanol–water partition coefficient (Wildman–Crippen LogP) is 8.39. The molecule has 30 heavy (non-hydrogen) atoms. The second kappa shape index (κ2) is 9.49. The average Bonchev–Trinajstić information content (AvgIpc) is 3.56. The fourth-order valence-electron chi connectivity index (χ4n) is 5.69. The van der Waals surface area contributed by atoms with Gasteiger partial charge in [-0.25, -0.2) is 0 Å². The zero-order valence-corrected chi connectivity index (χ0v) is 18.8. The van der Waals surface area contributed by atoms with Crippen LogP contribution in [0.3, 0.4) is 0 Å². The first-order valence-electron chi connectivity index (χ1n) is 11.8. The second-order valence-corrected chi connectivity index (χ2v) is 11.5. The van der Waals surface area contributed by atoms with Crippen LogP contribution in [-0.2, 0) is 0 Å². The van der Waals surface area contributed by atoms with E-state index in [1.165, 1.54) is 62.0 Å². The summed E-state index contributed by atoms with van der Waals surface area (Å²) < 4.78 is 0. The molecule has 3 aliphatic carbocycles. The summed E-state index contributed by atoms with van der Waals surface area (Å²) in [7, 11) is -0.0488. The van der Waals surface area contributed by atoms with Crippen LogP contribution in [0, 0.1) is 11.8 Å². The molecule has 0 bridgehead atoms. The Morgan fingerprint density at radius 2 is 1.63 bits per heavy atom. The highest BCUT2D eigenvalue weighted by atomic mass is 31.1. The van der Waals surface area contributed by atoms with E-state index in [2.05, 4.69) is 85.0 Å². The quantitative estimate of drug-likeness (QED) is 0.316. The summed E-state index contributed by atoms with van der Waals surface area (Å²) in [5, 5.41) is 1.83. The Morgan fingerprint density at radius 3 is 2.40 bits per heavy atom. The maximum Gasteiger partial charge on any atom is -0.00610 e. The van der Waals surface area contributed by atoms with Gasteiger partial charge in [0.25, 0.3) is 0 Å². The molecule has 0 spiro atoms. The summed E-state index contributed by atoms with van der Waals surface area (Å²) in [4.78, 5) is 0. The molecule has 0 amide bonds. The highest BCUT2D eigenvalue weighted by Gasteiger charge is 2.31. The van der Waals surface area contributed by atoms with Crippen LogP contribution in [0.25, 0.3) is 5.57 Å². The minimum Gasteiger partial charge on any atom is -0.0876 e. The largest absolute Gasteiger partial charge is 0.0876 e. The highest BCUT2D eigenvalue weighted by Crippen LogP contribution is 2.56. The van der Waals surface area contributed by atoms with Crippen molar-refractivity contribution in [2.24, 2.45) is 11.8 Å². The fourth-order valence-corrected chi connectivity index (χ4v) is 8.96. The van der Waals surface area contributed by atoms with E-state index in [1.807, 2.05) is 5.31 Å². The number of benzene rings is 2. The van der Waals surface area contributed by atoms with Gasteiger partial charge in [-0.1, -0.05) is 92.9 Å². The van der Waals surface area contributed by atoms with E-state index in [1.54, 1.807) is 5.57 Å². The van der Waals surface area contributed by atoms with Crippen molar-refractivity contribution in [2.45, 2.75) is 44.4 Å². The van der Waals surface area contributed by atoms with Crippen molar-refractivity contribution in [3.63, 3.8) is 0 Å². The molecule has 5 rings (SSSR count). The standard InChI is InChI=1S/C29H33P/c1-3-11-23(12-4-1)28-19-9-15-25(28)21-30(27-17-7-8-18-27)22-26-16-10-20-29(26)24-13-5-2-6-14-24/h1-6,9,11-15,17,20,25-26,28H,7-8,10,16,18-19,21-22H2/t25-,26+,28?,30?/m0/s1. The van der Waals surface area contributed by atoms with Gasteiger partial charge in [0.2, 0.25) is 0 Å². The second-order valence-electron chi connectivity index (χ2n) is 9.14. The third-order valence-corrected chi connectivity index (χ3v) is 10.2. The fraction of sp³-hybridized carbons (Fsp3) is 0.379. The molecule has 0 aliphatic heterocycles. The van der Waals surface area contributed by atoms with E-state index in [0.29, 0.717) is 11.8 Å². The molecular weight excluding hydrogens is 379 g/mol. The van der Waals surface area contributed by atoms with E-state index in [9.17, 15) is 0 Å². The number of allylic oxidation sites excluding steroid dienone is 6. The molecule has 2 aromatic carbocycles. The van der Waals surface area contributed by atoms with Crippen molar-refractivity contribution in [2.75, 3.05) is 12.3 Å². The van der Waals surface area contributed by atoms with Crippen LogP contribution in [0.5, 0.6) is 0 Å². The smallest absolute Gasteiger partial charge is 0.00610 e. The molecule has 2 unspecified atom stereocenters. The lowest BCUT2D eigenvalue weighted by Crippen LogP contribution is -2.14. The summed E-state index contributed by atoms with van der Waals surface area (Å²) in [5.41, 5.74) is 4.62.